The smallest absolute Gasteiger partial charge is 0.152 e. The van der Waals surface area contributed by atoms with Crippen LogP contribution >= 0.6 is 15.9 Å². The van der Waals surface area contributed by atoms with Crippen LogP contribution in [-0.4, -0.2) is 11.1 Å². The molecule has 0 bridgehead atoms. The number of halogens is 1. The molecule has 1 unspecified atom stereocenters. The van der Waals surface area contributed by atoms with Crippen LogP contribution in [0.5, 0.6) is 5.75 Å². The number of ether oxygens (including phenoxy) is 1. The van der Waals surface area contributed by atoms with Crippen LogP contribution in [0.25, 0.3) is 0 Å². The van der Waals surface area contributed by atoms with Gasteiger partial charge in [-0.1, -0.05) is 13.3 Å². The molecular weight excluding hydrogens is 230 g/mol. The van der Waals surface area contributed by atoms with Crippen molar-refractivity contribution < 1.29 is 4.74 Å². The SMILES string of the molecule is CCCC(C)Oc1cccnc1Br. The summed E-state index contributed by atoms with van der Waals surface area (Å²) in [5, 5.41) is 0. The average Bonchev–Trinajstić information content (AvgIpc) is 2.09. The maximum atomic E-state index is 5.68. The van der Waals surface area contributed by atoms with E-state index in [4.69, 9.17) is 4.74 Å². The quantitative estimate of drug-likeness (QED) is 0.757. The Hall–Kier alpha value is -0.570. The predicted octanol–water partition coefficient (Wildman–Crippen LogP) is 3.41. The molecule has 2 nitrogen and oxygen atoms in total. The number of nitrogens with zero attached hydrogens (tertiary/aromatic N) is 1. The zero-order valence-corrected chi connectivity index (χ0v) is 9.54. The second-order valence-corrected chi connectivity index (χ2v) is 3.76. The minimum atomic E-state index is 0.255. The molecule has 1 aromatic heterocycles. The highest BCUT2D eigenvalue weighted by atomic mass is 79.9. The van der Waals surface area contributed by atoms with Crippen LogP contribution in [0.4, 0.5) is 0 Å². The van der Waals surface area contributed by atoms with E-state index in [9.17, 15) is 0 Å². The van der Waals surface area contributed by atoms with Gasteiger partial charge in [0, 0.05) is 6.20 Å². The van der Waals surface area contributed by atoms with Crippen molar-refractivity contribution in [3.05, 3.63) is 22.9 Å². The number of hydrogen-bond acceptors (Lipinski definition) is 2. The molecule has 0 spiro atoms. The van der Waals surface area contributed by atoms with Gasteiger partial charge in [0.15, 0.2) is 5.75 Å². The third-order valence-corrected chi connectivity index (χ3v) is 2.34. The monoisotopic (exact) mass is 243 g/mol. The molecule has 0 saturated heterocycles. The van der Waals surface area contributed by atoms with Gasteiger partial charge in [0.1, 0.15) is 4.60 Å². The number of rotatable bonds is 4. The van der Waals surface area contributed by atoms with Crippen LogP contribution < -0.4 is 4.74 Å². The largest absolute Gasteiger partial charge is 0.488 e. The Bertz CT molecular complexity index is 265. The summed E-state index contributed by atoms with van der Waals surface area (Å²) >= 11 is 3.34. The molecule has 72 valence electrons. The lowest BCUT2D eigenvalue weighted by atomic mass is 10.2. The second kappa shape index (κ2) is 5.22. The Labute approximate surface area is 87.5 Å². The molecule has 0 aliphatic rings. The fraction of sp³-hybridized carbons (Fsp3) is 0.500. The molecule has 0 aliphatic heterocycles. The molecule has 13 heavy (non-hydrogen) atoms. The molecule has 0 aliphatic carbocycles. The van der Waals surface area contributed by atoms with Crippen molar-refractivity contribution in [3.63, 3.8) is 0 Å². The van der Waals surface area contributed by atoms with Crippen LogP contribution in [0.1, 0.15) is 26.7 Å². The third-order valence-electron chi connectivity index (χ3n) is 1.75. The van der Waals surface area contributed by atoms with Gasteiger partial charge >= 0.3 is 0 Å². The zero-order valence-electron chi connectivity index (χ0n) is 7.96. The maximum Gasteiger partial charge on any atom is 0.152 e. The van der Waals surface area contributed by atoms with Gasteiger partial charge in [0.25, 0.3) is 0 Å². The fourth-order valence-corrected chi connectivity index (χ4v) is 1.49. The van der Waals surface area contributed by atoms with E-state index in [2.05, 4.69) is 34.8 Å². The molecule has 0 amide bonds. The van der Waals surface area contributed by atoms with Gasteiger partial charge in [-0.25, -0.2) is 4.98 Å². The van der Waals surface area contributed by atoms with Crippen LogP contribution in [0.15, 0.2) is 22.9 Å². The summed E-state index contributed by atoms with van der Waals surface area (Å²) in [4.78, 5) is 4.08. The van der Waals surface area contributed by atoms with E-state index < -0.39 is 0 Å². The first kappa shape index (κ1) is 10.5. The van der Waals surface area contributed by atoms with Gasteiger partial charge in [-0.05, 0) is 41.4 Å². The Balaban J connectivity index is 2.58. The van der Waals surface area contributed by atoms with Crippen LogP contribution in [-0.2, 0) is 0 Å². The minimum Gasteiger partial charge on any atom is -0.488 e. The van der Waals surface area contributed by atoms with Gasteiger partial charge in [-0.3, -0.25) is 0 Å². The van der Waals surface area contributed by atoms with E-state index in [-0.39, 0.29) is 6.10 Å². The van der Waals surface area contributed by atoms with E-state index in [1.165, 1.54) is 0 Å². The van der Waals surface area contributed by atoms with Crippen LogP contribution in [0.3, 0.4) is 0 Å². The van der Waals surface area contributed by atoms with E-state index >= 15 is 0 Å². The molecule has 0 aromatic carbocycles. The van der Waals surface area contributed by atoms with E-state index in [1.54, 1.807) is 6.20 Å². The lowest BCUT2D eigenvalue weighted by molar-refractivity contribution is 0.207. The molecular formula is C10H14BrNO. The summed E-state index contributed by atoms with van der Waals surface area (Å²) in [6.45, 7) is 4.22. The standard InChI is InChI=1S/C10H14BrNO/c1-3-5-8(2)13-9-6-4-7-12-10(9)11/h4,6-8H,3,5H2,1-2H3. The average molecular weight is 244 g/mol. The molecule has 1 aromatic rings. The van der Waals surface area contributed by atoms with Gasteiger partial charge < -0.3 is 4.74 Å². The zero-order chi connectivity index (χ0) is 9.68. The number of aromatic nitrogens is 1. The summed E-state index contributed by atoms with van der Waals surface area (Å²) in [5.74, 6) is 0.823. The molecule has 0 radical (unpaired) electrons. The molecule has 1 rings (SSSR count). The fourth-order valence-electron chi connectivity index (χ4n) is 1.14. The highest BCUT2D eigenvalue weighted by Gasteiger charge is 2.05. The third kappa shape index (κ3) is 3.35. The first-order valence-electron chi connectivity index (χ1n) is 4.51. The molecule has 1 heterocycles. The van der Waals surface area contributed by atoms with Gasteiger partial charge in [0.2, 0.25) is 0 Å². The molecule has 0 fully saturated rings. The van der Waals surface area contributed by atoms with E-state index in [0.717, 1.165) is 23.2 Å². The molecule has 1 atom stereocenters. The van der Waals surface area contributed by atoms with Crippen molar-refractivity contribution in [1.82, 2.24) is 4.98 Å². The Morgan fingerprint density at radius 2 is 2.38 bits per heavy atom. The minimum absolute atomic E-state index is 0.255. The lowest BCUT2D eigenvalue weighted by Gasteiger charge is -2.13. The van der Waals surface area contributed by atoms with Crippen LogP contribution in [0.2, 0.25) is 0 Å². The maximum absolute atomic E-state index is 5.68. The molecule has 0 saturated carbocycles. The lowest BCUT2D eigenvalue weighted by Crippen LogP contribution is -2.11. The highest BCUT2D eigenvalue weighted by molar-refractivity contribution is 9.10. The molecule has 0 N–H and O–H groups in total. The van der Waals surface area contributed by atoms with E-state index in [1.807, 2.05) is 12.1 Å². The van der Waals surface area contributed by atoms with Crippen LogP contribution in [0, 0.1) is 0 Å². The van der Waals surface area contributed by atoms with Gasteiger partial charge in [0.05, 0.1) is 6.10 Å². The Morgan fingerprint density at radius 1 is 1.62 bits per heavy atom. The number of pyridine rings is 1. The number of hydrogen-bond donors (Lipinski definition) is 0. The van der Waals surface area contributed by atoms with Crippen molar-refractivity contribution in [2.75, 3.05) is 0 Å². The molecule has 3 heteroatoms. The van der Waals surface area contributed by atoms with Crippen molar-refractivity contribution in [1.29, 1.82) is 0 Å². The summed E-state index contributed by atoms with van der Waals surface area (Å²) in [7, 11) is 0. The summed E-state index contributed by atoms with van der Waals surface area (Å²) < 4.78 is 6.45. The van der Waals surface area contributed by atoms with Crippen molar-refractivity contribution in [2.45, 2.75) is 32.8 Å². The summed E-state index contributed by atoms with van der Waals surface area (Å²) in [5.41, 5.74) is 0. The summed E-state index contributed by atoms with van der Waals surface area (Å²) in [6.07, 6.45) is 4.20. The van der Waals surface area contributed by atoms with Gasteiger partial charge in [-0.2, -0.15) is 0 Å². The highest BCUT2D eigenvalue weighted by Crippen LogP contribution is 2.22. The predicted molar refractivity (Wildman–Crippen MR) is 56.9 cm³/mol. The second-order valence-electron chi connectivity index (χ2n) is 3.01. The van der Waals surface area contributed by atoms with Crippen molar-refractivity contribution in [3.8, 4) is 5.75 Å². The normalized spacial score (nSPS) is 12.5. The Morgan fingerprint density at radius 3 is 3.00 bits per heavy atom. The summed E-state index contributed by atoms with van der Waals surface area (Å²) in [6, 6.07) is 3.79. The van der Waals surface area contributed by atoms with E-state index in [0.29, 0.717) is 0 Å². The van der Waals surface area contributed by atoms with Gasteiger partial charge in [-0.15, -0.1) is 0 Å². The first-order valence-corrected chi connectivity index (χ1v) is 5.30. The topological polar surface area (TPSA) is 22.1 Å². The van der Waals surface area contributed by atoms with Crippen molar-refractivity contribution in [2.24, 2.45) is 0 Å². The van der Waals surface area contributed by atoms with Crippen molar-refractivity contribution >= 4 is 15.9 Å². The first-order chi connectivity index (χ1) is 6.24. The Kier molecular flexibility index (Phi) is 4.22.